The first-order chi connectivity index (χ1) is 17.1. The number of allylic oxidation sites excluding steroid dienone is 1. The van der Waals surface area contributed by atoms with Crippen LogP contribution in [0.25, 0.3) is 0 Å². The van der Waals surface area contributed by atoms with Crippen molar-refractivity contribution in [3.8, 4) is 0 Å². The lowest BCUT2D eigenvalue weighted by atomic mass is 9.76. The minimum absolute atomic E-state index is 0.0617. The van der Waals surface area contributed by atoms with Crippen molar-refractivity contribution in [2.24, 2.45) is 29.6 Å². The second-order valence-electron chi connectivity index (χ2n) is 12.6. The van der Waals surface area contributed by atoms with E-state index in [1.54, 1.807) is 7.05 Å². The molecule has 190 valence electrons. The molecule has 1 aromatic carbocycles. The summed E-state index contributed by atoms with van der Waals surface area (Å²) in [6, 6.07) is 12.6. The maximum atomic E-state index is 12.5. The number of hydrogen-bond acceptors (Lipinski definition) is 3. The Bertz CT molecular complexity index is 918. The highest BCUT2D eigenvalue weighted by Gasteiger charge is 2.53. The molecule has 2 N–H and O–H groups in total. The molecule has 7 unspecified atom stereocenters. The lowest BCUT2D eigenvalue weighted by Crippen LogP contribution is -2.54. The summed E-state index contributed by atoms with van der Waals surface area (Å²) in [6.45, 7) is 4.71. The number of piperidine rings is 1. The molecule has 1 amide bonds. The Balaban J connectivity index is 1.02. The van der Waals surface area contributed by atoms with Crippen molar-refractivity contribution in [2.75, 3.05) is 20.1 Å². The fraction of sp³-hybridized carbons (Fsp3) is 0.710. The molecule has 0 spiro atoms. The van der Waals surface area contributed by atoms with Crippen LogP contribution in [0.3, 0.4) is 0 Å². The topological polar surface area (TPSA) is 54.3 Å². The van der Waals surface area contributed by atoms with Gasteiger partial charge in [-0.1, -0.05) is 62.2 Å². The number of carbonyl (C=O) groups is 1. The van der Waals surface area contributed by atoms with Gasteiger partial charge in [-0.15, -0.1) is 0 Å². The second kappa shape index (κ2) is 9.67. The summed E-state index contributed by atoms with van der Waals surface area (Å²) in [7, 11) is 1.78. The molecule has 2 saturated heterocycles. The predicted octanol–water partition coefficient (Wildman–Crippen LogP) is 5.12. The van der Waals surface area contributed by atoms with Gasteiger partial charge < -0.3 is 10.6 Å². The van der Waals surface area contributed by atoms with Crippen LogP contribution in [0.5, 0.6) is 0 Å². The monoisotopic (exact) mass is 475 g/mol. The molecular formula is C31H45N3O. The largest absolute Gasteiger partial charge is 0.359 e. The van der Waals surface area contributed by atoms with Gasteiger partial charge >= 0.3 is 0 Å². The van der Waals surface area contributed by atoms with Crippen LogP contribution in [-0.4, -0.2) is 48.6 Å². The van der Waals surface area contributed by atoms with Gasteiger partial charge in [0.15, 0.2) is 0 Å². The Kier molecular flexibility index (Phi) is 6.55. The van der Waals surface area contributed by atoms with E-state index in [0.717, 1.165) is 67.1 Å². The van der Waals surface area contributed by atoms with Crippen molar-refractivity contribution in [2.45, 2.75) is 88.3 Å². The molecule has 7 atom stereocenters. The number of benzene rings is 1. The molecule has 1 aromatic rings. The molecule has 3 aliphatic carbocycles. The number of amides is 1. The summed E-state index contributed by atoms with van der Waals surface area (Å²) < 4.78 is 0. The maximum absolute atomic E-state index is 12.5. The van der Waals surface area contributed by atoms with E-state index in [0.29, 0.717) is 6.42 Å². The van der Waals surface area contributed by atoms with Crippen molar-refractivity contribution < 1.29 is 4.79 Å². The second-order valence-corrected chi connectivity index (χ2v) is 12.6. The van der Waals surface area contributed by atoms with Crippen LogP contribution < -0.4 is 10.6 Å². The maximum Gasteiger partial charge on any atom is 0.221 e. The summed E-state index contributed by atoms with van der Waals surface area (Å²) in [5.41, 5.74) is 1.48. The van der Waals surface area contributed by atoms with E-state index in [9.17, 15) is 4.79 Å². The summed E-state index contributed by atoms with van der Waals surface area (Å²) in [5, 5.41) is 6.79. The third-order valence-corrected chi connectivity index (χ3v) is 10.4. The van der Waals surface area contributed by atoms with E-state index >= 15 is 0 Å². The van der Waals surface area contributed by atoms with Gasteiger partial charge in [-0.2, -0.15) is 0 Å². The summed E-state index contributed by atoms with van der Waals surface area (Å²) in [4.78, 5) is 15.2. The Morgan fingerprint density at radius 3 is 2.51 bits per heavy atom. The Morgan fingerprint density at radius 1 is 1.09 bits per heavy atom. The summed E-state index contributed by atoms with van der Waals surface area (Å²) in [5.74, 6) is 5.15. The Hall–Kier alpha value is -1.65. The molecule has 0 aromatic heterocycles. The van der Waals surface area contributed by atoms with E-state index < -0.39 is 0 Å². The first-order valence-corrected chi connectivity index (χ1v) is 14.5. The molecule has 0 bridgehead atoms. The fourth-order valence-corrected chi connectivity index (χ4v) is 7.80. The first-order valence-electron chi connectivity index (χ1n) is 14.5. The van der Waals surface area contributed by atoms with Crippen molar-refractivity contribution in [3.63, 3.8) is 0 Å². The molecule has 0 radical (unpaired) electrons. The minimum atomic E-state index is -0.0617. The highest BCUT2D eigenvalue weighted by Crippen LogP contribution is 2.57. The molecule has 4 fully saturated rings. The van der Waals surface area contributed by atoms with Crippen molar-refractivity contribution in [3.05, 3.63) is 48.0 Å². The molecule has 2 saturated carbocycles. The molecule has 2 heterocycles. The average Bonchev–Trinajstić information content (AvgIpc) is 3.81. The third kappa shape index (κ3) is 5.11. The van der Waals surface area contributed by atoms with Crippen LogP contribution in [-0.2, 0) is 4.79 Å². The zero-order valence-electron chi connectivity index (χ0n) is 21.8. The third-order valence-electron chi connectivity index (χ3n) is 10.4. The van der Waals surface area contributed by atoms with Gasteiger partial charge in [0, 0.05) is 31.1 Å². The van der Waals surface area contributed by atoms with E-state index in [2.05, 4.69) is 64.9 Å². The zero-order chi connectivity index (χ0) is 24.0. The highest BCUT2D eigenvalue weighted by molar-refractivity contribution is 5.77. The van der Waals surface area contributed by atoms with Crippen LogP contribution in [0.1, 0.15) is 76.2 Å². The van der Waals surface area contributed by atoms with E-state index in [1.165, 1.54) is 50.5 Å². The normalized spacial score (nSPS) is 39.4. The van der Waals surface area contributed by atoms with Crippen LogP contribution in [0.2, 0.25) is 0 Å². The van der Waals surface area contributed by atoms with Crippen LogP contribution >= 0.6 is 0 Å². The zero-order valence-corrected chi connectivity index (χ0v) is 21.8. The molecule has 5 aliphatic rings. The van der Waals surface area contributed by atoms with Crippen molar-refractivity contribution in [1.29, 1.82) is 0 Å². The highest BCUT2D eigenvalue weighted by atomic mass is 16.1. The molecule has 6 rings (SSSR count). The van der Waals surface area contributed by atoms with Crippen molar-refractivity contribution in [1.82, 2.24) is 15.5 Å². The van der Waals surface area contributed by atoms with Crippen molar-refractivity contribution >= 4 is 5.91 Å². The lowest BCUT2D eigenvalue weighted by molar-refractivity contribution is -0.123. The van der Waals surface area contributed by atoms with Gasteiger partial charge in [0.05, 0.1) is 0 Å². The van der Waals surface area contributed by atoms with Crippen LogP contribution in [0.15, 0.2) is 42.5 Å². The summed E-state index contributed by atoms with van der Waals surface area (Å²) in [6.07, 6.45) is 16.1. The van der Waals surface area contributed by atoms with E-state index in [4.69, 9.17) is 0 Å². The van der Waals surface area contributed by atoms with Gasteiger partial charge in [-0.3, -0.25) is 9.69 Å². The van der Waals surface area contributed by atoms with Gasteiger partial charge in [0.2, 0.25) is 5.91 Å². The predicted molar refractivity (Wildman–Crippen MR) is 142 cm³/mol. The lowest BCUT2D eigenvalue weighted by Gasteiger charge is -2.47. The number of carbonyl (C=O) groups excluding carboxylic acids is 1. The molecular weight excluding hydrogens is 430 g/mol. The fourth-order valence-electron chi connectivity index (χ4n) is 7.80. The molecule has 35 heavy (non-hydrogen) atoms. The summed E-state index contributed by atoms with van der Waals surface area (Å²) >= 11 is 0. The molecule has 4 heteroatoms. The Labute approximate surface area is 212 Å². The van der Waals surface area contributed by atoms with Gasteiger partial charge in [-0.25, -0.2) is 0 Å². The Morgan fingerprint density at radius 2 is 1.86 bits per heavy atom. The standard InChI is InChI=1S/C31H45N3O/c1-21-26(29(21)24-6-4-3-5-7-24)19-27-30(33-27)25-12-16-34(17-13-25)31(20-28(35)32-2)14-10-23(11-15-31)18-22-8-9-22/h3-7,10,14,21-23,25-27,29-30,33H,8-9,11-13,15-20H2,1-2H3,(H,32,35). The number of nitrogens with zero attached hydrogens (tertiary/aromatic N) is 1. The van der Waals surface area contributed by atoms with Gasteiger partial charge in [-0.05, 0) is 92.7 Å². The van der Waals surface area contributed by atoms with Gasteiger partial charge in [0.1, 0.15) is 0 Å². The van der Waals surface area contributed by atoms with E-state index in [-0.39, 0.29) is 11.4 Å². The first kappa shape index (κ1) is 23.7. The number of nitrogens with one attached hydrogen (secondary N) is 2. The molecule has 4 nitrogen and oxygen atoms in total. The van der Waals surface area contributed by atoms with Gasteiger partial charge in [0.25, 0.3) is 0 Å². The number of likely N-dealkylation sites (tertiary alicyclic amines) is 1. The number of rotatable bonds is 9. The van der Waals surface area contributed by atoms with E-state index in [1.807, 2.05) is 0 Å². The van der Waals surface area contributed by atoms with Crippen LogP contribution in [0.4, 0.5) is 0 Å². The quantitative estimate of drug-likeness (QED) is 0.385. The molecule has 2 aliphatic heterocycles. The SMILES string of the molecule is CNC(=O)CC1(N2CCC(C3NC3CC3C(C)C3c3ccccc3)CC2)C=CC(CC2CC2)CC1. The smallest absolute Gasteiger partial charge is 0.221 e. The van der Waals surface area contributed by atoms with Crippen LogP contribution in [0, 0.1) is 29.6 Å². The number of hydrogen-bond donors (Lipinski definition) is 2. The average molecular weight is 476 g/mol. The minimum Gasteiger partial charge on any atom is -0.359 e.